The maximum Gasteiger partial charge on any atom is 0.427 e. The van der Waals surface area contributed by atoms with Gasteiger partial charge in [-0.3, -0.25) is 4.79 Å². The number of benzene rings is 2. The summed E-state index contributed by atoms with van der Waals surface area (Å²) in [5, 5.41) is 0.789. The molecule has 0 bridgehead atoms. The summed E-state index contributed by atoms with van der Waals surface area (Å²) in [6, 6.07) is 12.0. The number of rotatable bonds is 1. The number of hydrogen-bond donors (Lipinski definition) is 1. The van der Waals surface area contributed by atoms with Gasteiger partial charge in [0.2, 0.25) is 0 Å². The van der Waals surface area contributed by atoms with Crippen molar-refractivity contribution in [3.63, 3.8) is 0 Å². The molecular formula is C17H13N3O3. The third kappa shape index (κ3) is 1.88. The first-order valence-corrected chi connectivity index (χ1v) is 7.06. The average molecular weight is 307 g/mol. The van der Waals surface area contributed by atoms with E-state index in [2.05, 4.69) is 0 Å². The monoisotopic (exact) mass is 307 g/mol. The third-order valence-corrected chi connectivity index (χ3v) is 3.97. The molecule has 114 valence electrons. The number of fused-ring (bicyclic) bond motifs is 2. The standard InChI is InChI=1S/C17H13N3O3/c1-19-8-7-11-12(3-2-4-13(11)19)16(21)20-14-6-5-10(18)9-15(14)23-17(20)22/h2-9H,18H2,1H3. The predicted molar refractivity (Wildman–Crippen MR) is 87.5 cm³/mol. The van der Waals surface area contributed by atoms with Gasteiger partial charge >= 0.3 is 5.76 Å². The van der Waals surface area contributed by atoms with Gasteiger partial charge in [0.1, 0.15) is 0 Å². The van der Waals surface area contributed by atoms with Crippen LogP contribution in [0.2, 0.25) is 0 Å². The van der Waals surface area contributed by atoms with E-state index in [0.717, 1.165) is 15.5 Å². The molecule has 0 aliphatic heterocycles. The Morgan fingerprint density at radius 1 is 1.13 bits per heavy atom. The lowest BCUT2D eigenvalue weighted by molar-refractivity contribution is 0.0958. The van der Waals surface area contributed by atoms with Gasteiger partial charge in [0.25, 0.3) is 5.91 Å². The molecule has 0 fully saturated rings. The van der Waals surface area contributed by atoms with Crippen molar-refractivity contribution in [1.29, 1.82) is 0 Å². The van der Waals surface area contributed by atoms with E-state index in [1.165, 1.54) is 6.07 Å². The summed E-state index contributed by atoms with van der Waals surface area (Å²) in [5.74, 6) is -1.14. The minimum atomic E-state index is -0.719. The first-order chi connectivity index (χ1) is 11.1. The maximum atomic E-state index is 12.9. The minimum Gasteiger partial charge on any atom is -0.407 e. The van der Waals surface area contributed by atoms with Gasteiger partial charge in [-0.15, -0.1) is 0 Å². The molecule has 2 aromatic heterocycles. The zero-order valence-corrected chi connectivity index (χ0v) is 12.3. The fraction of sp³-hybridized carbons (Fsp3) is 0.0588. The maximum absolute atomic E-state index is 12.9. The fourth-order valence-corrected chi connectivity index (χ4v) is 2.84. The van der Waals surface area contributed by atoms with Crippen molar-refractivity contribution in [2.45, 2.75) is 0 Å². The minimum absolute atomic E-state index is 0.295. The zero-order valence-electron chi connectivity index (χ0n) is 12.3. The third-order valence-electron chi connectivity index (χ3n) is 3.97. The summed E-state index contributed by atoms with van der Waals surface area (Å²) in [6.07, 6.45) is 1.87. The summed E-state index contributed by atoms with van der Waals surface area (Å²) in [7, 11) is 1.90. The van der Waals surface area contributed by atoms with E-state index in [0.29, 0.717) is 22.4 Å². The molecule has 2 aromatic carbocycles. The van der Waals surface area contributed by atoms with Crippen LogP contribution in [0.4, 0.5) is 5.69 Å². The van der Waals surface area contributed by atoms with Gasteiger partial charge < -0.3 is 14.7 Å². The van der Waals surface area contributed by atoms with E-state index in [4.69, 9.17) is 10.2 Å². The van der Waals surface area contributed by atoms with Crippen LogP contribution in [-0.2, 0) is 7.05 Å². The molecule has 0 spiro atoms. The molecule has 0 aliphatic rings. The predicted octanol–water partition coefficient (Wildman–Crippen LogP) is 2.36. The van der Waals surface area contributed by atoms with Crippen molar-refractivity contribution in [1.82, 2.24) is 9.13 Å². The molecule has 4 aromatic rings. The lowest BCUT2D eigenvalue weighted by Crippen LogP contribution is -2.23. The second-order valence-corrected chi connectivity index (χ2v) is 5.40. The average Bonchev–Trinajstić information content (AvgIpc) is 3.06. The number of nitrogens with two attached hydrogens (primary N) is 1. The van der Waals surface area contributed by atoms with Gasteiger partial charge in [-0.05, 0) is 30.3 Å². The van der Waals surface area contributed by atoms with Crippen LogP contribution in [0.3, 0.4) is 0 Å². The normalized spacial score (nSPS) is 11.3. The Balaban J connectivity index is 1.99. The van der Waals surface area contributed by atoms with Crippen LogP contribution in [0.25, 0.3) is 22.0 Å². The zero-order chi connectivity index (χ0) is 16.1. The number of hydrogen-bond acceptors (Lipinski definition) is 4. The SMILES string of the molecule is Cn1ccc2c(C(=O)n3c(=O)oc4cc(N)ccc43)cccc21. The Bertz CT molecular complexity index is 1130. The van der Waals surface area contributed by atoms with Crippen molar-refractivity contribution in [2.24, 2.45) is 7.05 Å². The van der Waals surface area contributed by atoms with Gasteiger partial charge in [-0.2, -0.15) is 0 Å². The summed E-state index contributed by atoms with van der Waals surface area (Å²) < 4.78 is 8.10. The highest BCUT2D eigenvalue weighted by molar-refractivity contribution is 6.09. The molecule has 2 N–H and O–H groups in total. The molecule has 0 amide bonds. The summed E-state index contributed by atoms with van der Waals surface area (Å²) >= 11 is 0. The van der Waals surface area contributed by atoms with Crippen molar-refractivity contribution < 1.29 is 9.21 Å². The highest BCUT2D eigenvalue weighted by atomic mass is 16.4. The number of carbonyl (C=O) groups excluding carboxylic acids is 1. The smallest absolute Gasteiger partial charge is 0.407 e. The number of anilines is 1. The van der Waals surface area contributed by atoms with Crippen molar-refractivity contribution in [2.75, 3.05) is 5.73 Å². The molecule has 6 heteroatoms. The summed E-state index contributed by atoms with van der Waals surface area (Å²) in [5.41, 5.74) is 8.22. The summed E-state index contributed by atoms with van der Waals surface area (Å²) in [4.78, 5) is 25.0. The largest absolute Gasteiger partial charge is 0.427 e. The molecule has 6 nitrogen and oxygen atoms in total. The fourth-order valence-electron chi connectivity index (χ4n) is 2.84. The molecule has 0 radical (unpaired) electrons. The quantitative estimate of drug-likeness (QED) is 0.547. The van der Waals surface area contributed by atoms with Crippen LogP contribution < -0.4 is 11.5 Å². The van der Waals surface area contributed by atoms with E-state index < -0.39 is 11.7 Å². The highest BCUT2D eigenvalue weighted by Gasteiger charge is 2.20. The number of aromatic nitrogens is 2. The van der Waals surface area contributed by atoms with E-state index >= 15 is 0 Å². The highest BCUT2D eigenvalue weighted by Crippen LogP contribution is 2.22. The van der Waals surface area contributed by atoms with Crippen LogP contribution in [-0.4, -0.2) is 15.0 Å². The van der Waals surface area contributed by atoms with Gasteiger partial charge in [0.15, 0.2) is 5.58 Å². The Kier molecular flexibility index (Phi) is 2.68. The van der Waals surface area contributed by atoms with Gasteiger partial charge in [-0.1, -0.05) is 6.07 Å². The molecule has 2 heterocycles. The topological polar surface area (TPSA) is 83.2 Å². The van der Waals surface area contributed by atoms with E-state index in [-0.39, 0.29) is 0 Å². The lowest BCUT2D eigenvalue weighted by atomic mass is 10.1. The first kappa shape index (κ1) is 13.4. The van der Waals surface area contributed by atoms with Gasteiger partial charge in [0.05, 0.1) is 5.52 Å². The number of nitrogens with zero attached hydrogens (tertiary/aromatic N) is 2. The molecular weight excluding hydrogens is 294 g/mol. The van der Waals surface area contributed by atoms with Crippen LogP contribution in [0.1, 0.15) is 10.4 Å². The number of carbonyl (C=O) groups is 1. The van der Waals surface area contributed by atoms with Crippen molar-refractivity contribution in [3.8, 4) is 0 Å². The lowest BCUT2D eigenvalue weighted by Gasteiger charge is -2.04. The summed E-state index contributed by atoms with van der Waals surface area (Å²) in [6.45, 7) is 0. The first-order valence-electron chi connectivity index (χ1n) is 7.06. The van der Waals surface area contributed by atoms with E-state index in [9.17, 15) is 9.59 Å². The second-order valence-electron chi connectivity index (χ2n) is 5.40. The van der Waals surface area contributed by atoms with Crippen molar-refractivity contribution in [3.05, 3.63) is 64.8 Å². The van der Waals surface area contributed by atoms with Crippen LogP contribution in [0, 0.1) is 0 Å². The van der Waals surface area contributed by atoms with E-state index in [1.807, 2.05) is 29.9 Å². The van der Waals surface area contributed by atoms with Gasteiger partial charge in [0, 0.05) is 41.5 Å². The van der Waals surface area contributed by atoms with Crippen molar-refractivity contribution >= 4 is 33.6 Å². The molecule has 4 rings (SSSR count). The molecule has 0 saturated heterocycles. The molecule has 23 heavy (non-hydrogen) atoms. The van der Waals surface area contributed by atoms with Crippen LogP contribution in [0.15, 0.2) is 57.9 Å². The molecule has 0 unspecified atom stereocenters. The Morgan fingerprint density at radius 3 is 2.78 bits per heavy atom. The molecule has 0 aliphatic carbocycles. The molecule has 0 atom stereocenters. The second kappa shape index (κ2) is 4.61. The number of aryl methyl sites for hydroxylation is 1. The Hall–Kier alpha value is -3.28. The van der Waals surface area contributed by atoms with E-state index in [1.54, 1.807) is 24.3 Å². The van der Waals surface area contributed by atoms with Crippen LogP contribution >= 0.6 is 0 Å². The number of nitrogen functional groups attached to an aromatic ring is 1. The Labute approximate surface area is 130 Å². The number of oxazole rings is 1. The molecule has 0 saturated carbocycles. The Morgan fingerprint density at radius 2 is 1.96 bits per heavy atom. The van der Waals surface area contributed by atoms with Gasteiger partial charge in [-0.25, -0.2) is 9.36 Å². The van der Waals surface area contributed by atoms with Crippen LogP contribution in [0.5, 0.6) is 0 Å².